The summed E-state index contributed by atoms with van der Waals surface area (Å²) in [5.74, 6) is 1.15. The molecular weight excluding hydrogens is 431 g/mol. The second-order valence-electron chi connectivity index (χ2n) is 6.14. The quantitative estimate of drug-likeness (QED) is 0.426. The van der Waals surface area contributed by atoms with Crippen molar-refractivity contribution in [1.29, 1.82) is 0 Å². The molecule has 2 aromatic carbocycles. The van der Waals surface area contributed by atoms with Crippen molar-refractivity contribution in [1.82, 2.24) is 10.3 Å². The van der Waals surface area contributed by atoms with Crippen LogP contribution in [-0.2, 0) is 19.7 Å². The van der Waals surface area contributed by atoms with Gasteiger partial charge in [-0.3, -0.25) is 4.98 Å². The van der Waals surface area contributed by atoms with Crippen LogP contribution in [0.4, 0.5) is 0 Å². The fraction of sp³-hybridized carbons (Fsp3) is 0.227. The Labute approximate surface area is 187 Å². The second-order valence-corrected chi connectivity index (χ2v) is 6.96. The number of aromatic nitrogens is 1. The second kappa shape index (κ2) is 11.9. The van der Waals surface area contributed by atoms with Gasteiger partial charge in [-0.15, -0.1) is 12.4 Å². The summed E-state index contributed by atoms with van der Waals surface area (Å²) in [6.07, 6.45) is 1.78. The largest absolute Gasteiger partial charge is 0.490 e. The maximum Gasteiger partial charge on any atom is 0.180 e. The van der Waals surface area contributed by atoms with Gasteiger partial charge in [0.1, 0.15) is 6.61 Å². The van der Waals surface area contributed by atoms with Crippen molar-refractivity contribution in [2.45, 2.75) is 26.6 Å². The number of nitrogens with one attached hydrogen (secondary N) is 1. The van der Waals surface area contributed by atoms with Crippen LogP contribution in [0.15, 0.2) is 60.8 Å². The lowest BCUT2D eigenvalue weighted by Crippen LogP contribution is -2.14. The minimum atomic E-state index is 0. The molecule has 0 unspecified atom stereocenters. The van der Waals surface area contributed by atoms with Crippen LogP contribution in [0, 0.1) is 0 Å². The SMILES string of the molecule is CCOc1cc(CNCc2ccccn2)cc(Cl)c1OCc1ccccc1Cl.Cl. The van der Waals surface area contributed by atoms with Crippen molar-refractivity contribution in [3.05, 3.63) is 87.7 Å². The Morgan fingerprint density at radius 2 is 1.72 bits per heavy atom. The molecule has 0 radical (unpaired) electrons. The number of rotatable bonds is 9. The van der Waals surface area contributed by atoms with E-state index in [-0.39, 0.29) is 12.4 Å². The lowest BCUT2D eigenvalue weighted by molar-refractivity contribution is 0.269. The number of hydrogen-bond acceptors (Lipinski definition) is 4. The number of pyridine rings is 1. The number of halogens is 3. The minimum absolute atomic E-state index is 0. The summed E-state index contributed by atoms with van der Waals surface area (Å²) in [6.45, 7) is 4.08. The highest BCUT2D eigenvalue weighted by molar-refractivity contribution is 6.32. The first-order valence-corrected chi connectivity index (χ1v) is 9.85. The predicted octanol–water partition coefficient (Wildman–Crippen LogP) is 6.08. The molecule has 4 nitrogen and oxygen atoms in total. The Bertz CT molecular complexity index is 908. The van der Waals surface area contributed by atoms with Crippen LogP contribution in [0.1, 0.15) is 23.7 Å². The van der Waals surface area contributed by atoms with E-state index in [1.54, 1.807) is 6.20 Å². The third kappa shape index (κ3) is 6.79. The van der Waals surface area contributed by atoms with Gasteiger partial charge in [0.25, 0.3) is 0 Å². The molecule has 0 bridgehead atoms. The van der Waals surface area contributed by atoms with Crippen molar-refractivity contribution < 1.29 is 9.47 Å². The van der Waals surface area contributed by atoms with Crippen LogP contribution in [0.5, 0.6) is 11.5 Å². The van der Waals surface area contributed by atoms with E-state index < -0.39 is 0 Å². The zero-order valence-electron chi connectivity index (χ0n) is 16.0. The summed E-state index contributed by atoms with van der Waals surface area (Å²) in [7, 11) is 0. The topological polar surface area (TPSA) is 43.4 Å². The number of nitrogens with zero attached hydrogens (tertiary/aromatic N) is 1. The van der Waals surface area contributed by atoms with Gasteiger partial charge in [0.15, 0.2) is 11.5 Å². The van der Waals surface area contributed by atoms with Crippen LogP contribution < -0.4 is 14.8 Å². The van der Waals surface area contributed by atoms with Crippen molar-refractivity contribution in [2.75, 3.05) is 6.61 Å². The molecule has 0 spiro atoms. The van der Waals surface area contributed by atoms with Crippen molar-refractivity contribution >= 4 is 35.6 Å². The molecule has 0 aliphatic carbocycles. The molecule has 1 aromatic heterocycles. The van der Waals surface area contributed by atoms with Crippen molar-refractivity contribution in [2.24, 2.45) is 0 Å². The Morgan fingerprint density at radius 3 is 2.45 bits per heavy atom. The van der Waals surface area contributed by atoms with E-state index in [1.165, 1.54) is 0 Å². The van der Waals surface area contributed by atoms with Crippen LogP contribution in [0.2, 0.25) is 10.0 Å². The minimum Gasteiger partial charge on any atom is -0.490 e. The third-order valence-corrected chi connectivity index (χ3v) is 4.71. The predicted molar refractivity (Wildman–Crippen MR) is 120 cm³/mol. The van der Waals surface area contributed by atoms with E-state index in [0.29, 0.717) is 47.8 Å². The standard InChI is InChI=1S/C22H22Cl2N2O2.ClH/c1-2-27-21-12-16(13-25-14-18-8-5-6-10-26-18)11-20(24)22(21)28-15-17-7-3-4-9-19(17)23;/h3-12,25H,2,13-15H2,1H3;1H. The average molecular weight is 454 g/mol. The molecule has 3 rings (SSSR count). The maximum absolute atomic E-state index is 6.49. The molecular formula is C22H23Cl3N2O2. The highest BCUT2D eigenvalue weighted by Crippen LogP contribution is 2.37. The summed E-state index contributed by atoms with van der Waals surface area (Å²) in [5, 5.41) is 4.53. The van der Waals surface area contributed by atoms with Crippen LogP contribution in [0.3, 0.4) is 0 Å². The summed E-state index contributed by atoms with van der Waals surface area (Å²) in [6, 6.07) is 17.3. The first-order valence-electron chi connectivity index (χ1n) is 9.09. The number of benzene rings is 2. The average Bonchev–Trinajstić information content (AvgIpc) is 2.70. The summed E-state index contributed by atoms with van der Waals surface area (Å²) in [4.78, 5) is 4.30. The molecule has 0 saturated heterocycles. The van der Waals surface area contributed by atoms with Gasteiger partial charge >= 0.3 is 0 Å². The lowest BCUT2D eigenvalue weighted by Gasteiger charge is -2.16. The Balaban J connectivity index is 0.00000300. The molecule has 154 valence electrons. The van der Waals surface area contributed by atoms with E-state index in [4.69, 9.17) is 32.7 Å². The Morgan fingerprint density at radius 1 is 0.931 bits per heavy atom. The maximum atomic E-state index is 6.49. The van der Waals surface area contributed by atoms with Gasteiger partial charge in [-0.2, -0.15) is 0 Å². The molecule has 29 heavy (non-hydrogen) atoms. The molecule has 1 heterocycles. The van der Waals surface area contributed by atoms with Crippen LogP contribution >= 0.6 is 35.6 Å². The van der Waals surface area contributed by atoms with E-state index in [2.05, 4.69) is 10.3 Å². The molecule has 0 aliphatic heterocycles. The fourth-order valence-corrected chi connectivity index (χ4v) is 3.21. The van der Waals surface area contributed by atoms with Crippen molar-refractivity contribution in [3.8, 4) is 11.5 Å². The van der Waals surface area contributed by atoms with E-state index in [9.17, 15) is 0 Å². The number of hydrogen-bond donors (Lipinski definition) is 1. The lowest BCUT2D eigenvalue weighted by atomic mass is 10.2. The molecule has 1 N–H and O–H groups in total. The molecule has 0 saturated carbocycles. The summed E-state index contributed by atoms with van der Waals surface area (Å²) >= 11 is 12.7. The highest BCUT2D eigenvalue weighted by atomic mass is 35.5. The van der Waals surface area contributed by atoms with Gasteiger partial charge < -0.3 is 14.8 Å². The number of ether oxygens (including phenoxy) is 2. The molecule has 0 amide bonds. The monoisotopic (exact) mass is 452 g/mol. The fourth-order valence-electron chi connectivity index (χ4n) is 2.73. The van der Waals surface area contributed by atoms with Gasteiger partial charge in [0, 0.05) is 29.9 Å². The van der Waals surface area contributed by atoms with E-state index in [0.717, 1.165) is 16.8 Å². The first kappa shape index (κ1) is 23.3. The zero-order chi connectivity index (χ0) is 19.8. The van der Waals surface area contributed by atoms with Crippen LogP contribution in [0.25, 0.3) is 0 Å². The summed E-state index contributed by atoms with van der Waals surface area (Å²) in [5.41, 5.74) is 2.89. The van der Waals surface area contributed by atoms with Crippen molar-refractivity contribution in [3.63, 3.8) is 0 Å². The smallest absolute Gasteiger partial charge is 0.180 e. The van der Waals surface area contributed by atoms with E-state index >= 15 is 0 Å². The van der Waals surface area contributed by atoms with E-state index in [1.807, 2.05) is 61.5 Å². The molecule has 0 atom stereocenters. The Hall–Kier alpha value is -1.98. The molecule has 3 aromatic rings. The van der Waals surface area contributed by atoms with Crippen LogP contribution in [-0.4, -0.2) is 11.6 Å². The van der Waals surface area contributed by atoms with Gasteiger partial charge in [0.2, 0.25) is 0 Å². The van der Waals surface area contributed by atoms with Gasteiger partial charge in [-0.05, 0) is 42.8 Å². The normalized spacial score (nSPS) is 10.3. The third-order valence-electron chi connectivity index (χ3n) is 4.06. The molecule has 7 heteroatoms. The molecule has 0 aliphatic rings. The first-order chi connectivity index (χ1) is 13.7. The molecule has 0 fully saturated rings. The van der Waals surface area contributed by atoms with Gasteiger partial charge in [0.05, 0.1) is 17.3 Å². The Kier molecular flexibility index (Phi) is 9.55. The highest BCUT2D eigenvalue weighted by Gasteiger charge is 2.13. The summed E-state index contributed by atoms with van der Waals surface area (Å²) < 4.78 is 11.7. The zero-order valence-corrected chi connectivity index (χ0v) is 18.4. The van der Waals surface area contributed by atoms with Gasteiger partial charge in [-0.25, -0.2) is 0 Å². The van der Waals surface area contributed by atoms with Gasteiger partial charge in [-0.1, -0.05) is 47.5 Å².